The van der Waals surface area contributed by atoms with E-state index < -0.39 is 11.0 Å². The zero-order chi connectivity index (χ0) is 10.6. The Balaban J connectivity index is 2.72. The molecule has 0 amide bonds. The van der Waals surface area contributed by atoms with Crippen LogP contribution in [0.25, 0.3) is 0 Å². The predicted molar refractivity (Wildman–Crippen MR) is 70.5 cm³/mol. The first kappa shape index (κ1) is 11.8. The maximum Gasteiger partial charge on any atom is 0.117 e. The van der Waals surface area contributed by atoms with Crippen LogP contribution in [0.5, 0.6) is 0 Å². The molecular formula is C9H13IN2OS. The molecule has 0 aliphatic rings. The minimum atomic E-state index is -1.02. The van der Waals surface area contributed by atoms with Gasteiger partial charge in [-0.25, -0.2) is 4.21 Å². The molecule has 0 aromatic heterocycles. The number of halogens is 1. The summed E-state index contributed by atoms with van der Waals surface area (Å²) in [5.74, 6) is 0.644. The minimum Gasteiger partial charge on any atom is -0.397 e. The van der Waals surface area contributed by atoms with Gasteiger partial charge in [-0.05, 0) is 47.2 Å². The molecular weight excluding hydrogens is 311 g/mol. The van der Waals surface area contributed by atoms with Gasteiger partial charge in [-0.3, -0.25) is 0 Å². The highest BCUT2D eigenvalue weighted by molar-refractivity contribution is 14.1. The second-order valence-electron chi connectivity index (χ2n) is 2.88. The molecule has 3 nitrogen and oxygen atoms in total. The van der Waals surface area contributed by atoms with Gasteiger partial charge in [0.15, 0.2) is 0 Å². The van der Waals surface area contributed by atoms with Crippen LogP contribution in [-0.4, -0.2) is 9.96 Å². The fourth-order valence-corrected chi connectivity index (χ4v) is 2.40. The lowest BCUT2D eigenvalue weighted by Crippen LogP contribution is -2.09. The molecule has 0 fully saturated rings. The second kappa shape index (κ2) is 5.55. The first-order chi connectivity index (χ1) is 6.63. The summed E-state index contributed by atoms with van der Waals surface area (Å²) in [4.78, 5) is 0. The summed E-state index contributed by atoms with van der Waals surface area (Å²) < 4.78 is 15.4. The summed E-state index contributed by atoms with van der Waals surface area (Å²) in [6, 6.07) is 5.64. The number of hydrogen-bond donors (Lipinski definition) is 2. The fourth-order valence-electron chi connectivity index (χ4n) is 0.986. The van der Waals surface area contributed by atoms with Gasteiger partial charge in [0.2, 0.25) is 0 Å². The Hall–Kier alpha value is -0.300. The van der Waals surface area contributed by atoms with Gasteiger partial charge >= 0.3 is 0 Å². The topological polar surface area (TPSA) is 55.1 Å². The molecule has 1 aromatic rings. The van der Waals surface area contributed by atoms with E-state index in [1.54, 1.807) is 0 Å². The molecule has 14 heavy (non-hydrogen) atoms. The van der Waals surface area contributed by atoms with E-state index in [1.165, 1.54) is 0 Å². The van der Waals surface area contributed by atoms with E-state index in [-0.39, 0.29) is 0 Å². The van der Waals surface area contributed by atoms with Gasteiger partial charge in [0.1, 0.15) is 11.0 Å². The average molecular weight is 324 g/mol. The highest BCUT2D eigenvalue weighted by Gasteiger charge is 2.02. The van der Waals surface area contributed by atoms with E-state index in [4.69, 9.17) is 5.73 Å². The Morgan fingerprint density at radius 1 is 1.57 bits per heavy atom. The minimum absolute atomic E-state index is 0.640. The molecule has 1 atom stereocenters. The maximum absolute atomic E-state index is 11.4. The average Bonchev–Trinajstić information content (AvgIpc) is 2.10. The van der Waals surface area contributed by atoms with Crippen LogP contribution in [-0.2, 0) is 11.0 Å². The lowest BCUT2D eigenvalue weighted by atomic mass is 10.3. The Labute approximate surface area is 100 Å². The summed E-state index contributed by atoms with van der Waals surface area (Å²) in [5, 5.41) is 0. The lowest BCUT2D eigenvalue weighted by Gasteiger charge is -2.08. The van der Waals surface area contributed by atoms with Crippen molar-refractivity contribution in [2.75, 3.05) is 16.2 Å². The number of nitrogens with one attached hydrogen (secondary N) is 1. The molecule has 1 rings (SSSR count). The van der Waals surface area contributed by atoms with Crippen LogP contribution in [0.2, 0.25) is 0 Å². The summed E-state index contributed by atoms with van der Waals surface area (Å²) in [5.41, 5.74) is 7.15. The number of anilines is 2. The van der Waals surface area contributed by atoms with Gasteiger partial charge in [0.25, 0.3) is 0 Å². The monoisotopic (exact) mass is 324 g/mol. The third-order valence-corrected chi connectivity index (χ3v) is 3.52. The number of hydrogen-bond acceptors (Lipinski definition) is 2. The van der Waals surface area contributed by atoms with E-state index in [0.717, 1.165) is 15.7 Å². The highest BCUT2D eigenvalue weighted by atomic mass is 127. The first-order valence-corrected chi connectivity index (χ1v) is 6.73. The zero-order valence-electron chi connectivity index (χ0n) is 7.92. The van der Waals surface area contributed by atoms with Gasteiger partial charge in [0, 0.05) is 9.32 Å². The highest BCUT2D eigenvalue weighted by Crippen LogP contribution is 2.21. The van der Waals surface area contributed by atoms with Gasteiger partial charge < -0.3 is 10.5 Å². The zero-order valence-corrected chi connectivity index (χ0v) is 10.9. The molecule has 0 saturated carbocycles. The number of rotatable bonds is 4. The van der Waals surface area contributed by atoms with Crippen molar-refractivity contribution < 1.29 is 4.21 Å². The van der Waals surface area contributed by atoms with Crippen molar-refractivity contribution >= 4 is 45.0 Å². The molecule has 0 heterocycles. The van der Waals surface area contributed by atoms with E-state index in [2.05, 4.69) is 27.3 Å². The van der Waals surface area contributed by atoms with Crippen molar-refractivity contribution in [1.82, 2.24) is 0 Å². The Morgan fingerprint density at radius 2 is 2.29 bits per heavy atom. The molecule has 0 aliphatic heterocycles. The van der Waals surface area contributed by atoms with Crippen LogP contribution >= 0.6 is 22.6 Å². The summed E-state index contributed by atoms with van der Waals surface area (Å²) in [7, 11) is -1.02. The van der Waals surface area contributed by atoms with Crippen LogP contribution in [0.15, 0.2) is 18.2 Å². The maximum atomic E-state index is 11.4. The standard InChI is InChI=1S/C9H13IN2OS/c1-2-5-14(13)12-9-4-3-7(10)6-8(9)11/h3-4,6,12H,2,5,11H2,1H3. The van der Waals surface area contributed by atoms with Crippen molar-refractivity contribution in [3.05, 3.63) is 21.8 Å². The quantitative estimate of drug-likeness (QED) is 0.660. The first-order valence-electron chi connectivity index (χ1n) is 4.33. The number of nitrogen functional groups attached to an aromatic ring is 1. The SMILES string of the molecule is CCCS(=O)Nc1ccc(I)cc1N. The number of benzene rings is 1. The molecule has 0 bridgehead atoms. The molecule has 0 saturated heterocycles. The van der Waals surface area contributed by atoms with Gasteiger partial charge in [-0.2, -0.15) is 0 Å². The second-order valence-corrected chi connectivity index (χ2v) is 5.43. The van der Waals surface area contributed by atoms with E-state index in [0.29, 0.717) is 11.4 Å². The summed E-state index contributed by atoms with van der Waals surface area (Å²) in [6.45, 7) is 2.00. The molecule has 0 radical (unpaired) electrons. The Kier molecular flexibility index (Phi) is 4.67. The van der Waals surface area contributed by atoms with Crippen LogP contribution < -0.4 is 10.5 Å². The predicted octanol–water partition coefficient (Wildman–Crippen LogP) is 2.36. The van der Waals surface area contributed by atoms with E-state index in [9.17, 15) is 4.21 Å². The lowest BCUT2D eigenvalue weighted by molar-refractivity contribution is 0.685. The Morgan fingerprint density at radius 3 is 2.86 bits per heavy atom. The van der Waals surface area contributed by atoms with Gasteiger partial charge in [0.05, 0.1) is 11.4 Å². The van der Waals surface area contributed by atoms with E-state index in [1.807, 2.05) is 25.1 Å². The molecule has 0 aliphatic carbocycles. The third kappa shape index (κ3) is 3.45. The van der Waals surface area contributed by atoms with Crippen LogP contribution in [0.1, 0.15) is 13.3 Å². The largest absolute Gasteiger partial charge is 0.397 e. The van der Waals surface area contributed by atoms with Crippen molar-refractivity contribution in [2.24, 2.45) is 0 Å². The summed E-state index contributed by atoms with van der Waals surface area (Å²) in [6.07, 6.45) is 0.893. The normalized spacial score (nSPS) is 12.4. The van der Waals surface area contributed by atoms with E-state index >= 15 is 0 Å². The van der Waals surface area contributed by atoms with Crippen molar-refractivity contribution in [1.29, 1.82) is 0 Å². The van der Waals surface area contributed by atoms with Crippen LogP contribution in [0.3, 0.4) is 0 Å². The van der Waals surface area contributed by atoms with Crippen molar-refractivity contribution in [2.45, 2.75) is 13.3 Å². The van der Waals surface area contributed by atoms with Gasteiger partial charge in [-0.1, -0.05) is 6.92 Å². The molecule has 3 N–H and O–H groups in total. The molecule has 78 valence electrons. The van der Waals surface area contributed by atoms with Crippen molar-refractivity contribution in [3.8, 4) is 0 Å². The van der Waals surface area contributed by atoms with Crippen LogP contribution in [0, 0.1) is 3.57 Å². The third-order valence-electron chi connectivity index (χ3n) is 1.63. The molecule has 1 unspecified atom stereocenters. The van der Waals surface area contributed by atoms with Crippen LogP contribution in [0.4, 0.5) is 11.4 Å². The summed E-state index contributed by atoms with van der Waals surface area (Å²) >= 11 is 2.19. The van der Waals surface area contributed by atoms with Gasteiger partial charge in [-0.15, -0.1) is 0 Å². The molecule has 0 spiro atoms. The van der Waals surface area contributed by atoms with Crippen molar-refractivity contribution in [3.63, 3.8) is 0 Å². The molecule has 5 heteroatoms. The number of nitrogens with two attached hydrogens (primary N) is 1. The fraction of sp³-hybridized carbons (Fsp3) is 0.333. The Bertz CT molecular complexity index is 344. The smallest absolute Gasteiger partial charge is 0.117 e. The molecule has 1 aromatic carbocycles.